The molecule has 2 amide bonds. The van der Waals surface area contributed by atoms with E-state index in [4.69, 9.17) is 15.3 Å². The number of amides is 2. The minimum atomic E-state index is -1.22. The number of nitrogens with two attached hydrogens (primary N) is 1. The fourth-order valence-electron chi connectivity index (χ4n) is 1.41. The molecule has 0 bridgehead atoms. The van der Waals surface area contributed by atoms with Crippen LogP contribution in [0.4, 0.5) is 0 Å². The van der Waals surface area contributed by atoms with E-state index in [-0.39, 0.29) is 25.2 Å². The number of aromatic nitrogens is 1. The molecule has 8 nitrogen and oxygen atoms in total. The largest absolute Gasteiger partial charge is 0.480 e. The summed E-state index contributed by atoms with van der Waals surface area (Å²) in [5.41, 5.74) is 4.93. The van der Waals surface area contributed by atoms with Crippen LogP contribution in [0.25, 0.3) is 0 Å². The summed E-state index contributed by atoms with van der Waals surface area (Å²) in [7, 11) is 0. The number of nitrogens with one attached hydrogen (secondary N) is 1. The molecular weight excluding hydrogens is 254 g/mol. The van der Waals surface area contributed by atoms with Crippen molar-refractivity contribution in [1.82, 2.24) is 10.3 Å². The maximum Gasteiger partial charge on any atom is 0.326 e. The molecule has 1 rings (SSSR count). The van der Waals surface area contributed by atoms with Gasteiger partial charge in [0, 0.05) is 6.42 Å². The van der Waals surface area contributed by atoms with Gasteiger partial charge in [0.15, 0.2) is 0 Å². The summed E-state index contributed by atoms with van der Waals surface area (Å²) in [5.74, 6) is -1.62. The number of carbonyl (C=O) groups excluding carboxylic acids is 2. The smallest absolute Gasteiger partial charge is 0.326 e. The van der Waals surface area contributed by atoms with Crippen molar-refractivity contribution in [2.45, 2.75) is 32.2 Å². The van der Waals surface area contributed by atoms with E-state index in [1.54, 1.807) is 6.92 Å². The number of oxazole rings is 1. The Balaban J connectivity index is 2.51. The number of carboxylic acids is 1. The van der Waals surface area contributed by atoms with Gasteiger partial charge in [-0.2, -0.15) is 0 Å². The molecule has 0 radical (unpaired) electrons. The van der Waals surface area contributed by atoms with Gasteiger partial charge in [-0.25, -0.2) is 9.78 Å². The molecule has 0 saturated carbocycles. The van der Waals surface area contributed by atoms with Crippen molar-refractivity contribution >= 4 is 17.8 Å². The first kappa shape index (κ1) is 14.7. The number of aryl methyl sites for hydroxylation is 1. The molecule has 0 aliphatic heterocycles. The molecule has 1 aromatic heterocycles. The molecule has 0 saturated heterocycles. The van der Waals surface area contributed by atoms with Crippen LogP contribution in [-0.4, -0.2) is 33.9 Å². The quantitative estimate of drug-likeness (QED) is 0.602. The van der Waals surface area contributed by atoms with Gasteiger partial charge in [0.2, 0.25) is 17.7 Å². The predicted octanol–water partition coefficient (Wildman–Crippen LogP) is -0.640. The maximum absolute atomic E-state index is 11.6. The number of rotatable bonds is 7. The van der Waals surface area contributed by atoms with Crippen molar-refractivity contribution in [3.8, 4) is 0 Å². The number of carbonyl (C=O) groups is 3. The van der Waals surface area contributed by atoms with Gasteiger partial charge in [0.1, 0.15) is 18.2 Å². The fraction of sp³-hybridized carbons (Fsp3) is 0.455. The first-order valence-corrected chi connectivity index (χ1v) is 5.60. The topological polar surface area (TPSA) is 136 Å². The van der Waals surface area contributed by atoms with Crippen LogP contribution in [0.3, 0.4) is 0 Å². The summed E-state index contributed by atoms with van der Waals surface area (Å²) in [5, 5.41) is 11.2. The van der Waals surface area contributed by atoms with Gasteiger partial charge in [-0.15, -0.1) is 0 Å². The molecule has 1 atom stereocenters. The zero-order chi connectivity index (χ0) is 14.4. The van der Waals surface area contributed by atoms with E-state index in [0.29, 0.717) is 5.76 Å². The third-order valence-electron chi connectivity index (χ3n) is 2.29. The first-order chi connectivity index (χ1) is 8.88. The maximum atomic E-state index is 11.6. The highest BCUT2D eigenvalue weighted by atomic mass is 16.4. The highest BCUT2D eigenvalue weighted by Gasteiger charge is 2.21. The van der Waals surface area contributed by atoms with Crippen LogP contribution < -0.4 is 11.1 Å². The van der Waals surface area contributed by atoms with Crippen LogP contribution in [-0.2, 0) is 20.8 Å². The average molecular weight is 269 g/mol. The Morgan fingerprint density at radius 1 is 1.53 bits per heavy atom. The standard InChI is InChI=1S/C11H15N3O5/c1-6-5-13-10(19-6)4-9(16)14-7(11(17)18)2-3-8(12)15/h5,7H,2-4H2,1H3,(H2,12,15)(H,14,16)(H,17,18)/t7-/m0/s1. The van der Waals surface area contributed by atoms with E-state index in [1.807, 2.05) is 0 Å². The second kappa shape index (κ2) is 6.53. The van der Waals surface area contributed by atoms with Gasteiger partial charge in [0.25, 0.3) is 0 Å². The van der Waals surface area contributed by atoms with Gasteiger partial charge in [0.05, 0.1) is 6.20 Å². The summed E-state index contributed by atoms with van der Waals surface area (Å²) in [6, 6.07) is -1.16. The Labute approximate surface area is 109 Å². The Kier molecular flexibility index (Phi) is 5.04. The molecule has 0 aromatic carbocycles. The molecule has 0 unspecified atom stereocenters. The van der Waals surface area contributed by atoms with Crippen LogP contribution >= 0.6 is 0 Å². The van der Waals surface area contributed by atoms with Gasteiger partial charge >= 0.3 is 5.97 Å². The van der Waals surface area contributed by atoms with Crippen LogP contribution in [0, 0.1) is 6.92 Å². The lowest BCUT2D eigenvalue weighted by atomic mass is 10.1. The van der Waals surface area contributed by atoms with E-state index in [0.717, 1.165) is 0 Å². The molecule has 1 aromatic rings. The molecule has 4 N–H and O–H groups in total. The molecule has 104 valence electrons. The number of nitrogens with zero attached hydrogens (tertiary/aromatic N) is 1. The van der Waals surface area contributed by atoms with Gasteiger partial charge in [-0.1, -0.05) is 0 Å². The van der Waals surface area contributed by atoms with Gasteiger partial charge in [-0.05, 0) is 13.3 Å². The molecule has 0 aliphatic rings. The van der Waals surface area contributed by atoms with E-state index in [2.05, 4.69) is 10.3 Å². The summed E-state index contributed by atoms with van der Waals surface area (Å²) >= 11 is 0. The molecule has 19 heavy (non-hydrogen) atoms. The lowest BCUT2D eigenvalue weighted by molar-refractivity contribution is -0.142. The van der Waals surface area contributed by atoms with Crippen LogP contribution in [0.1, 0.15) is 24.5 Å². The summed E-state index contributed by atoms with van der Waals surface area (Å²) in [6.07, 6.45) is 1.13. The van der Waals surface area contributed by atoms with Crippen molar-refractivity contribution in [2.75, 3.05) is 0 Å². The van der Waals surface area contributed by atoms with Crippen molar-refractivity contribution in [1.29, 1.82) is 0 Å². The lowest BCUT2D eigenvalue weighted by Crippen LogP contribution is -2.42. The van der Waals surface area contributed by atoms with Crippen molar-refractivity contribution in [3.05, 3.63) is 17.8 Å². The SMILES string of the molecule is Cc1cnc(CC(=O)N[C@@H](CCC(N)=O)C(=O)O)o1. The Bertz CT molecular complexity index is 482. The van der Waals surface area contributed by atoms with Gasteiger partial charge < -0.3 is 20.6 Å². The van der Waals surface area contributed by atoms with Crippen molar-refractivity contribution in [2.24, 2.45) is 5.73 Å². The lowest BCUT2D eigenvalue weighted by Gasteiger charge is -2.12. The van der Waals surface area contributed by atoms with Crippen LogP contribution in [0.2, 0.25) is 0 Å². The molecule has 0 aliphatic carbocycles. The van der Waals surface area contributed by atoms with Crippen molar-refractivity contribution < 1.29 is 23.9 Å². The molecule has 8 heteroatoms. The highest BCUT2D eigenvalue weighted by molar-refractivity contribution is 5.85. The fourth-order valence-corrected chi connectivity index (χ4v) is 1.41. The molecule has 1 heterocycles. The molecular formula is C11H15N3O5. The number of primary amides is 1. The highest BCUT2D eigenvalue weighted by Crippen LogP contribution is 2.03. The number of hydrogen-bond acceptors (Lipinski definition) is 5. The third kappa shape index (κ3) is 5.19. The van der Waals surface area contributed by atoms with Crippen LogP contribution in [0.15, 0.2) is 10.6 Å². The van der Waals surface area contributed by atoms with Crippen molar-refractivity contribution in [3.63, 3.8) is 0 Å². The summed E-state index contributed by atoms with van der Waals surface area (Å²) < 4.78 is 5.10. The van der Waals surface area contributed by atoms with E-state index in [1.165, 1.54) is 6.20 Å². The van der Waals surface area contributed by atoms with E-state index in [9.17, 15) is 14.4 Å². The number of carboxylic acid groups (broad SMARTS) is 1. The summed E-state index contributed by atoms with van der Waals surface area (Å²) in [6.45, 7) is 1.68. The second-order valence-electron chi connectivity index (χ2n) is 4.00. The molecule has 0 fully saturated rings. The monoisotopic (exact) mass is 269 g/mol. The van der Waals surface area contributed by atoms with E-state index >= 15 is 0 Å². The Hall–Kier alpha value is -2.38. The van der Waals surface area contributed by atoms with Gasteiger partial charge in [-0.3, -0.25) is 9.59 Å². The second-order valence-corrected chi connectivity index (χ2v) is 4.00. The third-order valence-corrected chi connectivity index (χ3v) is 2.29. The Morgan fingerprint density at radius 3 is 2.68 bits per heavy atom. The predicted molar refractivity (Wildman–Crippen MR) is 62.9 cm³/mol. The zero-order valence-electron chi connectivity index (χ0n) is 10.4. The number of aliphatic carboxylic acids is 1. The first-order valence-electron chi connectivity index (χ1n) is 5.60. The minimum absolute atomic E-state index is 0.0545. The number of hydrogen-bond donors (Lipinski definition) is 3. The minimum Gasteiger partial charge on any atom is -0.480 e. The van der Waals surface area contributed by atoms with Crippen LogP contribution in [0.5, 0.6) is 0 Å². The Morgan fingerprint density at radius 2 is 2.21 bits per heavy atom. The average Bonchev–Trinajstić information content (AvgIpc) is 2.69. The molecule has 0 spiro atoms. The van der Waals surface area contributed by atoms with E-state index < -0.39 is 23.8 Å². The summed E-state index contributed by atoms with van der Waals surface area (Å²) in [4.78, 5) is 36.9. The normalized spacial score (nSPS) is 11.8. The zero-order valence-corrected chi connectivity index (χ0v) is 10.4.